The Balaban J connectivity index is 0.965. The molecule has 4 aliphatic heterocycles. The Labute approximate surface area is 426 Å². The molecule has 0 saturated heterocycles. The number of sulfone groups is 2. The van der Waals surface area contributed by atoms with Crippen LogP contribution in [-0.4, -0.2) is 45.2 Å². The third kappa shape index (κ3) is 9.61. The highest BCUT2D eigenvalue weighted by Gasteiger charge is 2.47. The van der Waals surface area contributed by atoms with E-state index < -0.39 is 60.0 Å². The van der Waals surface area contributed by atoms with Crippen LogP contribution in [0.5, 0.6) is 28.7 Å². The minimum absolute atomic E-state index is 0.0140. The van der Waals surface area contributed by atoms with Crippen LogP contribution in [0.4, 0.5) is 31.5 Å². The number of phenolic OH excluding ortho intramolecular Hbond substituents is 2. The highest BCUT2D eigenvalue weighted by Crippen LogP contribution is 2.52. The lowest BCUT2D eigenvalue weighted by molar-refractivity contribution is 0.225. The van der Waals surface area contributed by atoms with Crippen LogP contribution in [0.3, 0.4) is 0 Å². The van der Waals surface area contributed by atoms with Crippen molar-refractivity contribution in [2.24, 2.45) is 10.8 Å². The molecule has 0 bridgehead atoms. The largest absolute Gasteiger partial charge is 0.506 e. The number of rotatable bonds is 11. The molecule has 10 rings (SSSR count). The Morgan fingerprint density at radius 1 is 0.653 bits per heavy atom. The quantitative estimate of drug-likeness (QED) is 0.0679. The molecule has 0 amide bonds. The Bertz CT molecular complexity index is 3440. The normalized spacial score (nSPS) is 21.4. The molecule has 17 heteroatoms. The fourth-order valence-electron chi connectivity index (χ4n) is 10.5. The molecule has 0 fully saturated rings. The topological polar surface area (TPSA) is 175 Å². The second-order valence-electron chi connectivity index (χ2n) is 20.1. The van der Waals surface area contributed by atoms with Crippen LogP contribution in [0.15, 0.2) is 147 Å². The van der Waals surface area contributed by atoms with Crippen LogP contribution in [-0.2, 0) is 32.5 Å². The SMILES string of the molecule is CC1(C)CC2=C(C(c3ccc(OCCC4(C)CC5=C(C(c6ccc(Oc7ccccc7Br)c(F)c6F)Nc6cccc(O)c6N5)S(=O)(=O)C4)c(CCc4ccccc4)c3)Nc3cccc(O)c3N2)S(=O)(=O)C1. The molecule has 4 aliphatic rings. The first-order valence-electron chi connectivity index (χ1n) is 23.6. The monoisotopic (exact) mass is 1080 g/mol. The second-order valence-corrected chi connectivity index (χ2v) is 24.9. The molecule has 0 radical (unpaired) electrons. The first-order valence-corrected chi connectivity index (χ1v) is 27.7. The minimum Gasteiger partial charge on any atom is -0.506 e. The van der Waals surface area contributed by atoms with Gasteiger partial charge in [0.05, 0.1) is 55.9 Å². The van der Waals surface area contributed by atoms with Gasteiger partial charge in [0.15, 0.2) is 31.2 Å². The van der Waals surface area contributed by atoms with E-state index >= 15 is 8.78 Å². The lowest BCUT2D eigenvalue weighted by Crippen LogP contribution is -2.38. The number of benzene rings is 6. The third-order valence-corrected chi connectivity index (χ3v) is 19.0. The number of allylic oxidation sites excluding steroid dienone is 2. The van der Waals surface area contributed by atoms with Gasteiger partial charge in [-0.3, -0.25) is 0 Å². The highest BCUT2D eigenvalue weighted by molar-refractivity contribution is 9.10. The van der Waals surface area contributed by atoms with Gasteiger partial charge in [-0.05, 0) is 136 Å². The number of aryl methyl sites for hydroxylation is 2. The summed E-state index contributed by atoms with van der Waals surface area (Å²) >= 11 is 3.36. The minimum atomic E-state index is -4.24. The van der Waals surface area contributed by atoms with Gasteiger partial charge in [0.25, 0.3) is 0 Å². The number of fused-ring (bicyclic) bond motifs is 2. The van der Waals surface area contributed by atoms with Crippen molar-refractivity contribution in [3.8, 4) is 28.7 Å². The molecule has 374 valence electrons. The summed E-state index contributed by atoms with van der Waals surface area (Å²) in [5.41, 5.74) is 2.95. The van der Waals surface area contributed by atoms with E-state index in [-0.39, 0.29) is 80.6 Å². The average molecular weight is 1080 g/mol. The summed E-state index contributed by atoms with van der Waals surface area (Å²) in [5, 5.41) is 35.1. The van der Waals surface area contributed by atoms with Crippen molar-refractivity contribution in [3.05, 3.63) is 181 Å². The molecule has 72 heavy (non-hydrogen) atoms. The summed E-state index contributed by atoms with van der Waals surface area (Å²) in [5.74, 6) is -2.78. The van der Waals surface area contributed by atoms with Crippen molar-refractivity contribution in [3.63, 3.8) is 0 Å². The van der Waals surface area contributed by atoms with Crippen molar-refractivity contribution in [1.29, 1.82) is 0 Å². The number of halogens is 3. The summed E-state index contributed by atoms with van der Waals surface area (Å²) in [4.78, 5) is 0.0473. The standard InChI is InChI=1S/C55H53BrF2N4O8S2/c1-54(2)28-39-52(71(65,66)30-54)48(59-37-14-9-16-41(63)50(37)61-39)34-21-23-43(33(27-34)20-19-32-11-5-4-6-12-32)69-26-25-55(3)29-40-53(72(67,68)31-55)49(60-38-15-10-17-42(64)51(38)62-40)35-22-24-45(47(58)46(35)57)70-44-18-8-7-13-36(44)56/h4-18,21-24,27,48-49,59-64H,19-20,25-26,28-31H2,1-3H3. The van der Waals surface area contributed by atoms with Crippen molar-refractivity contribution in [2.75, 3.05) is 39.4 Å². The van der Waals surface area contributed by atoms with Gasteiger partial charge in [0.2, 0.25) is 5.82 Å². The first kappa shape index (κ1) is 49.0. The smallest absolute Gasteiger partial charge is 0.201 e. The lowest BCUT2D eigenvalue weighted by atomic mass is 9.83. The van der Waals surface area contributed by atoms with Crippen LogP contribution in [0.25, 0.3) is 0 Å². The van der Waals surface area contributed by atoms with Gasteiger partial charge in [0.1, 0.15) is 34.4 Å². The van der Waals surface area contributed by atoms with E-state index in [1.165, 1.54) is 18.2 Å². The Morgan fingerprint density at radius 2 is 1.26 bits per heavy atom. The second kappa shape index (κ2) is 18.8. The maximum atomic E-state index is 16.4. The molecule has 0 aliphatic carbocycles. The molecule has 6 aromatic rings. The van der Waals surface area contributed by atoms with Gasteiger partial charge >= 0.3 is 0 Å². The summed E-state index contributed by atoms with van der Waals surface area (Å²) < 4.78 is 103. The van der Waals surface area contributed by atoms with Gasteiger partial charge < -0.3 is 41.0 Å². The van der Waals surface area contributed by atoms with Gasteiger partial charge in [0, 0.05) is 17.0 Å². The van der Waals surface area contributed by atoms with E-state index in [1.54, 1.807) is 54.6 Å². The molecule has 6 aromatic carbocycles. The number of phenols is 2. The molecule has 3 unspecified atom stereocenters. The van der Waals surface area contributed by atoms with Gasteiger partial charge in [-0.25, -0.2) is 21.2 Å². The van der Waals surface area contributed by atoms with Crippen LogP contribution in [0.1, 0.15) is 74.4 Å². The fraction of sp³-hybridized carbons (Fsp3) is 0.273. The Morgan fingerprint density at radius 3 is 1.96 bits per heavy atom. The molecule has 0 aromatic heterocycles. The van der Waals surface area contributed by atoms with Gasteiger partial charge in [-0.2, -0.15) is 4.39 Å². The van der Waals surface area contributed by atoms with Crippen LogP contribution < -0.4 is 30.7 Å². The van der Waals surface area contributed by atoms with Crippen LogP contribution in [0.2, 0.25) is 0 Å². The van der Waals surface area contributed by atoms with Crippen molar-refractivity contribution in [2.45, 2.75) is 65.0 Å². The summed E-state index contributed by atoms with van der Waals surface area (Å²) in [7, 11) is -8.05. The maximum absolute atomic E-state index is 16.4. The highest BCUT2D eigenvalue weighted by atomic mass is 79.9. The zero-order valence-electron chi connectivity index (χ0n) is 39.7. The Kier molecular flexibility index (Phi) is 12.8. The molecule has 4 heterocycles. The zero-order valence-corrected chi connectivity index (χ0v) is 42.9. The number of hydrogen-bond donors (Lipinski definition) is 6. The number of hydrogen-bond acceptors (Lipinski definition) is 12. The summed E-state index contributed by atoms with van der Waals surface area (Å²) in [6.07, 6.45) is 2.00. The summed E-state index contributed by atoms with van der Waals surface area (Å²) in [6, 6.07) is 32.3. The third-order valence-electron chi connectivity index (χ3n) is 13.8. The molecule has 6 N–H and O–H groups in total. The number of para-hydroxylation sites is 3. The van der Waals surface area contributed by atoms with Crippen molar-refractivity contribution < 1.29 is 45.3 Å². The van der Waals surface area contributed by atoms with Crippen LogP contribution in [0, 0.1) is 22.5 Å². The summed E-state index contributed by atoms with van der Waals surface area (Å²) in [6.45, 7) is 5.76. The number of anilines is 4. The van der Waals surface area contributed by atoms with E-state index in [0.29, 0.717) is 52.1 Å². The molecule has 3 atom stereocenters. The van der Waals surface area contributed by atoms with Crippen molar-refractivity contribution in [1.82, 2.24) is 0 Å². The van der Waals surface area contributed by atoms with E-state index in [1.807, 2.05) is 69.3 Å². The van der Waals surface area contributed by atoms with E-state index in [0.717, 1.165) is 11.1 Å². The molecular weight excluding hydrogens is 1030 g/mol. The van der Waals surface area contributed by atoms with E-state index in [2.05, 4.69) is 37.2 Å². The molecule has 0 spiro atoms. The lowest BCUT2D eigenvalue weighted by Gasteiger charge is -2.37. The number of ether oxygens (including phenoxy) is 2. The number of aromatic hydroxyl groups is 2. The predicted molar refractivity (Wildman–Crippen MR) is 280 cm³/mol. The predicted octanol–water partition coefficient (Wildman–Crippen LogP) is 12.4. The average Bonchev–Trinajstić information content (AvgIpc) is 3.60. The van der Waals surface area contributed by atoms with Crippen LogP contribution >= 0.6 is 15.9 Å². The fourth-order valence-corrected chi connectivity index (χ4v) is 15.6. The molecular formula is C55H53BrF2N4O8S2. The van der Waals surface area contributed by atoms with E-state index in [9.17, 15) is 27.0 Å². The first-order chi connectivity index (χ1) is 34.3. The molecule has 12 nitrogen and oxygen atoms in total. The van der Waals surface area contributed by atoms with Gasteiger partial charge in [-0.15, -0.1) is 0 Å². The van der Waals surface area contributed by atoms with Crippen molar-refractivity contribution >= 4 is 58.4 Å². The van der Waals surface area contributed by atoms with Gasteiger partial charge in [-0.1, -0.05) is 81.4 Å². The number of nitrogens with one attached hydrogen (secondary N) is 4. The molecule has 0 saturated carbocycles. The van der Waals surface area contributed by atoms with E-state index in [4.69, 9.17) is 9.47 Å². The Hall–Kier alpha value is -6.56. The maximum Gasteiger partial charge on any atom is 0.201 e. The zero-order chi connectivity index (χ0) is 50.7.